The normalized spacial score (nSPS) is 15.3. The lowest BCUT2D eigenvalue weighted by Crippen LogP contribution is -2.26. The third-order valence-corrected chi connectivity index (χ3v) is 4.78. The molecule has 0 radical (unpaired) electrons. The number of para-hydroxylation sites is 1. The fourth-order valence-corrected chi connectivity index (χ4v) is 3.53. The Bertz CT molecular complexity index is 1300. The molecule has 152 valence electrons. The molecule has 0 fully saturated rings. The Morgan fingerprint density at radius 3 is 2.70 bits per heavy atom. The van der Waals surface area contributed by atoms with E-state index in [4.69, 9.17) is 19.6 Å². The number of nitrogens with zero attached hydrogens (tertiary/aromatic N) is 2. The van der Waals surface area contributed by atoms with Gasteiger partial charge in [-0.25, -0.2) is 4.79 Å². The van der Waals surface area contributed by atoms with Gasteiger partial charge in [-0.05, 0) is 23.8 Å². The highest BCUT2D eigenvalue weighted by Crippen LogP contribution is 2.46. The summed E-state index contributed by atoms with van der Waals surface area (Å²) in [6.45, 7) is 0. The van der Waals surface area contributed by atoms with Crippen molar-refractivity contribution in [1.82, 2.24) is 0 Å². The van der Waals surface area contributed by atoms with Crippen molar-refractivity contribution in [2.75, 3.05) is 12.3 Å². The Morgan fingerprint density at radius 1 is 1.30 bits per heavy atom. The number of ether oxygens (including phenoxy) is 2. The number of allylic oxidation sites excluding steroid dienone is 1. The number of hydrogen-bond acceptors (Lipinski definition) is 10. The molecule has 4 N–H and O–H groups in total. The van der Waals surface area contributed by atoms with Crippen molar-refractivity contribution in [3.63, 3.8) is 0 Å². The molecular weight excluding hydrogens is 394 g/mol. The summed E-state index contributed by atoms with van der Waals surface area (Å²) < 4.78 is 15.9. The third-order valence-electron chi connectivity index (χ3n) is 4.78. The monoisotopic (exact) mass is 408 g/mol. The maximum Gasteiger partial charge on any atom is 0.344 e. The van der Waals surface area contributed by atoms with Crippen LogP contribution < -0.4 is 31.2 Å². The number of methoxy groups -OCH3 is 1. The molecule has 0 unspecified atom stereocenters. The Hall–Kier alpha value is -4.20. The molecule has 3 aromatic rings. The zero-order valence-corrected chi connectivity index (χ0v) is 15.4. The average Bonchev–Trinajstić information content (AvgIpc) is 2.72. The van der Waals surface area contributed by atoms with Crippen molar-refractivity contribution in [3.05, 3.63) is 69.4 Å². The standard InChI is InChI=1S/C20H15N3O7/c1-28-18-12(23(26)27)6-9(7-13(18)24)15-11(8-21)19(22)30-17-10-4-2-3-5-14(10)29-20(25)16(15)17/h2-7,15,24,26-27H,22H2,1H3/p-1/t15-/m0/s1. The molecular formula is C20H14N3O7-. The molecule has 0 spiro atoms. The van der Waals surface area contributed by atoms with Gasteiger partial charge in [-0.1, -0.05) is 23.9 Å². The molecule has 10 heteroatoms. The Balaban J connectivity index is 2.07. The van der Waals surface area contributed by atoms with Crippen LogP contribution in [-0.4, -0.2) is 17.5 Å². The van der Waals surface area contributed by atoms with Crippen LogP contribution in [0.2, 0.25) is 0 Å². The molecule has 0 amide bonds. The maximum absolute atomic E-state index is 12.8. The molecule has 1 aromatic heterocycles. The maximum atomic E-state index is 12.8. The lowest BCUT2D eigenvalue weighted by Gasteiger charge is -2.28. The van der Waals surface area contributed by atoms with Crippen molar-refractivity contribution >= 4 is 16.7 Å². The highest BCUT2D eigenvalue weighted by Gasteiger charge is 2.36. The van der Waals surface area contributed by atoms with Crippen molar-refractivity contribution in [2.24, 2.45) is 5.73 Å². The summed E-state index contributed by atoms with van der Waals surface area (Å²) in [7, 11) is 1.19. The van der Waals surface area contributed by atoms with Gasteiger partial charge in [0.05, 0.1) is 24.0 Å². The minimum atomic E-state index is -1.14. The Morgan fingerprint density at radius 2 is 2.03 bits per heavy atom. The summed E-state index contributed by atoms with van der Waals surface area (Å²) >= 11 is 0. The van der Waals surface area contributed by atoms with Crippen LogP contribution in [0.4, 0.5) is 5.69 Å². The zero-order chi connectivity index (χ0) is 21.6. The summed E-state index contributed by atoms with van der Waals surface area (Å²) in [4.78, 5) is 12.8. The quantitative estimate of drug-likeness (QED) is 0.429. The number of fused-ring (bicyclic) bond motifs is 3. The van der Waals surface area contributed by atoms with Gasteiger partial charge < -0.3 is 24.7 Å². The van der Waals surface area contributed by atoms with E-state index in [0.717, 1.165) is 6.07 Å². The minimum absolute atomic E-state index is 0.0441. The molecule has 0 saturated heterocycles. The van der Waals surface area contributed by atoms with E-state index < -0.39 is 17.3 Å². The van der Waals surface area contributed by atoms with Crippen LogP contribution >= 0.6 is 0 Å². The highest BCUT2D eigenvalue weighted by molar-refractivity contribution is 5.86. The van der Waals surface area contributed by atoms with Gasteiger partial charge in [-0.15, -0.1) is 5.23 Å². The van der Waals surface area contributed by atoms with Crippen molar-refractivity contribution in [3.8, 4) is 23.3 Å². The fraction of sp³-hybridized carbons (Fsp3) is 0.100. The first-order chi connectivity index (χ1) is 14.4. The van der Waals surface area contributed by atoms with Gasteiger partial charge in [0.15, 0.2) is 5.75 Å². The van der Waals surface area contributed by atoms with Gasteiger partial charge in [0.2, 0.25) is 5.88 Å². The highest BCUT2D eigenvalue weighted by atomic mass is 16.8. The van der Waals surface area contributed by atoms with Crippen LogP contribution in [0.25, 0.3) is 11.0 Å². The summed E-state index contributed by atoms with van der Waals surface area (Å²) in [6, 6.07) is 10.8. The number of benzene rings is 2. The smallest absolute Gasteiger partial charge is 0.344 e. The van der Waals surface area contributed by atoms with Crippen LogP contribution in [0, 0.1) is 11.3 Å². The predicted molar refractivity (Wildman–Crippen MR) is 100 cm³/mol. The number of nitriles is 1. The summed E-state index contributed by atoms with van der Waals surface area (Å²) in [6.07, 6.45) is 0. The van der Waals surface area contributed by atoms with E-state index in [1.807, 2.05) is 6.07 Å². The summed E-state index contributed by atoms with van der Waals surface area (Å²) in [5, 5.41) is 41.3. The molecule has 2 aromatic carbocycles. The van der Waals surface area contributed by atoms with Crippen LogP contribution in [0.15, 0.2) is 57.1 Å². The number of rotatable bonds is 3. The van der Waals surface area contributed by atoms with Gasteiger partial charge in [0, 0.05) is 0 Å². The molecule has 1 aliphatic rings. The minimum Gasteiger partial charge on any atom is -0.870 e. The van der Waals surface area contributed by atoms with E-state index >= 15 is 0 Å². The van der Waals surface area contributed by atoms with Crippen molar-refractivity contribution < 1.29 is 29.4 Å². The van der Waals surface area contributed by atoms with Crippen LogP contribution in [0.1, 0.15) is 17.0 Å². The second kappa shape index (κ2) is 7.00. The summed E-state index contributed by atoms with van der Waals surface area (Å²) in [5.41, 5.74) is 4.95. The lowest BCUT2D eigenvalue weighted by molar-refractivity contribution is -0.270. The summed E-state index contributed by atoms with van der Waals surface area (Å²) in [5.74, 6) is -2.33. The topological polar surface area (TPSA) is 165 Å². The molecule has 0 bridgehead atoms. The van der Waals surface area contributed by atoms with Crippen LogP contribution in [0.5, 0.6) is 17.2 Å². The molecule has 0 aliphatic carbocycles. The fourth-order valence-electron chi connectivity index (χ4n) is 3.53. The van der Waals surface area contributed by atoms with Gasteiger partial charge >= 0.3 is 5.63 Å². The zero-order valence-electron chi connectivity index (χ0n) is 15.4. The van der Waals surface area contributed by atoms with Crippen LogP contribution in [-0.2, 0) is 0 Å². The van der Waals surface area contributed by atoms with Crippen molar-refractivity contribution in [1.29, 1.82) is 5.26 Å². The number of nitrogens with two attached hydrogens (primary N) is 1. The SMILES string of the molecule is COc1c([O-])cc([C@H]2C(C#N)=C(N)Oc3c2c(=O)oc2ccccc32)cc1N(O)O. The van der Waals surface area contributed by atoms with Gasteiger partial charge in [0.1, 0.15) is 28.7 Å². The molecule has 30 heavy (non-hydrogen) atoms. The largest absolute Gasteiger partial charge is 0.870 e. The van der Waals surface area contributed by atoms with Gasteiger partial charge in [0.25, 0.3) is 0 Å². The second-order valence-electron chi connectivity index (χ2n) is 6.41. The molecule has 0 saturated carbocycles. The Labute approximate surface area is 168 Å². The number of anilines is 1. The third kappa shape index (κ3) is 2.77. The van der Waals surface area contributed by atoms with Gasteiger partial charge in [-0.3, -0.25) is 10.4 Å². The van der Waals surface area contributed by atoms with E-state index in [1.165, 1.54) is 13.2 Å². The van der Waals surface area contributed by atoms with E-state index in [0.29, 0.717) is 5.39 Å². The van der Waals surface area contributed by atoms with Crippen molar-refractivity contribution in [2.45, 2.75) is 5.92 Å². The molecule has 10 nitrogen and oxygen atoms in total. The predicted octanol–water partition coefficient (Wildman–Crippen LogP) is 1.68. The van der Waals surface area contributed by atoms with E-state index in [9.17, 15) is 25.6 Å². The molecule has 1 aliphatic heterocycles. The lowest BCUT2D eigenvalue weighted by atomic mass is 9.83. The first-order valence-electron chi connectivity index (χ1n) is 8.57. The number of hydrogen-bond donors (Lipinski definition) is 3. The van der Waals surface area contributed by atoms with E-state index in [-0.39, 0.29) is 50.6 Å². The first kappa shape index (κ1) is 19.1. The van der Waals surface area contributed by atoms with E-state index in [2.05, 4.69) is 0 Å². The molecule has 2 heterocycles. The van der Waals surface area contributed by atoms with Gasteiger partial charge in [-0.2, -0.15) is 5.26 Å². The first-order valence-corrected chi connectivity index (χ1v) is 8.57. The molecule has 1 atom stereocenters. The molecule has 4 rings (SSSR count). The van der Waals surface area contributed by atoms with Crippen LogP contribution in [0.3, 0.4) is 0 Å². The average molecular weight is 408 g/mol. The van der Waals surface area contributed by atoms with E-state index in [1.54, 1.807) is 24.3 Å². The Kier molecular flexibility index (Phi) is 4.46. The second-order valence-corrected chi connectivity index (χ2v) is 6.41.